The van der Waals surface area contributed by atoms with E-state index in [1.54, 1.807) is 24.1 Å². The van der Waals surface area contributed by atoms with Crippen molar-refractivity contribution in [1.82, 2.24) is 20.3 Å². The van der Waals surface area contributed by atoms with Crippen molar-refractivity contribution in [3.63, 3.8) is 0 Å². The maximum absolute atomic E-state index is 12.1. The summed E-state index contributed by atoms with van der Waals surface area (Å²) in [7, 11) is 1.77. The van der Waals surface area contributed by atoms with E-state index < -0.39 is 0 Å². The molecular formula is C13H16N4O3. The molecule has 1 aliphatic carbocycles. The normalized spacial score (nSPS) is 17.8. The lowest BCUT2D eigenvalue weighted by Crippen LogP contribution is -2.38. The first-order chi connectivity index (χ1) is 9.67. The lowest BCUT2D eigenvalue weighted by atomic mass is 9.92. The molecule has 106 valence electrons. The summed E-state index contributed by atoms with van der Waals surface area (Å²) in [4.78, 5) is 12.1. The van der Waals surface area contributed by atoms with Crippen LogP contribution in [-0.2, 0) is 26.5 Å². The molecule has 0 saturated carbocycles. The number of amides is 1. The molecule has 2 heterocycles. The Balaban J connectivity index is 1.69. The lowest BCUT2D eigenvalue weighted by Gasteiger charge is -2.22. The molecular weight excluding hydrogens is 260 g/mol. The van der Waals surface area contributed by atoms with Crippen molar-refractivity contribution in [2.75, 3.05) is 0 Å². The number of aliphatic hydroxyl groups is 1. The van der Waals surface area contributed by atoms with Gasteiger partial charge in [-0.15, -0.1) is 0 Å². The first-order valence-corrected chi connectivity index (χ1v) is 6.54. The first kappa shape index (κ1) is 12.9. The number of hydrogen-bond donors (Lipinski definition) is 2. The van der Waals surface area contributed by atoms with E-state index in [0.717, 1.165) is 24.2 Å². The molecule has 0 aliphatic heterocycles. The summed E-state index contributed by atoms with van der Waals surface area (Å²) in [6.07, 6.45) is 5.39. The summed E-state index contributed by atoms with van der Waals surface area (Å²) in [6.45, 7) is -0.137. The Morgan fingerprint density at radius 2 is 2.50 bits per heavy atom. The zero-order chi connectivity index (χ0) is 14.1. The minimum absolute atomic E-state index is 0.0277. The Morgan fingerprint density at radius 1 is 1.65 bits per heavy atom. The first-order valence-electron chi connectivity index (χ1n) is 6.54. The summed E-state index contributed by atoms with van der Waals surface area (Å²) in [5, 5.41) is 20.0. The fourth-order valence-corrected chi connectivity index (χ4v) is 2.52. The Morgan fingerprint density at radius 3 is 3.20 bits per heavy atom. The van der Waals surface area contributed by atoms with Crippen LogP contribution in [0, 0.1) is 0 Å². The largest absolute Gasteiger partial charge is 0.390 e. The van der Waals surface area contributed by atoms with Gasteiger partial charge in [0.1, 0.15) is 11.5 Å². The van der Waals surface area contributed by atoms with Crippen LogP contribution in [0.25, 0.3) is 0 Å². The highest BCUT2D eigenvalue weighted by atomic mass is 16.5. The van der Waals surface area contributed by atoms with E-state index >= 15 is 0 Å². The highest BCUT2D eigenvalue weighted by Crippen LogP contribution is 2.24. The molecule has 1 atom stereocenters. The van der Waals surface area contributed by atoms with Crippen LogP contribution in [0.4, 0.5) is 0 Å². The molecule has 0 spiro atoms. The van der Waals surface area contributed by atoms with Crippen molar-refractivity contribution in [2.45, 2.75) is 31.9 Å². The zero-order valence-corrected chi connectivity index (χ0v) is 11.2. The van der Waals surface area contributed by atoms with Crippen LogP contribution >= 0.6 is 0 Å². The van der Waals surface area contributed by atoms with Crippen molar-refractivity contribution in [2.24, 2.45) is 7.05 Å². The summed E-state index contributed by atoms with van der Waals surface area (Å²) < 4.78 is 6.78. The van der Waals surface area contributed by atoms with Crippen LogP contribution in [0.3, 0.4) is 0 Å². The summed E-state index contributed by atoms with van der Waals surface area (Å²) >= 11 is 0. The maximum Gasteiger partial charge on any atom is 0.254 e. The third kappa shape index (κ3) is 2.32. The van der Waals surface area contributed by atoms with E-state index in [-0.39, 0.29) is 18.6 Å². The molecule has 2 aromatic rings. The molecule has 2 aromatic heterocycles. The fourth-order valence-electron chi connectivity index (χ4n) is 2.52. The number of rotatable bonds is 3. The number of aromatic nitrogens is 3. The number of nitrogens with one attached hydrogen (secondary N) is 1. The van der Waals surface area contributed by atoms with Gasteiger partial charge in [0.2, 0.25) is 0 Å². The van der Waals surface area contributed by atoms with E-state index in [4.69, 9.17) is 4.52 Å². The molecule has 20 heavy (non-hydrogen) atoms. The molecule has 3 rings (SSSR count). The van der Waals surface area contributed by atoms with Gasteiger partial charge in [-0.2, -0.15) is 5.10 Å². The molecule has 0 bridgehead atoms. The van der Waals surface area contributed by atoms with E-state index in [0.29, 0.717) is 17.7 Å². The second-order valence-corrected chi connectivity index (χ2v) is 5.00. The van der Waals surface area contributed by atoms with Crippen molar-refractivity contribution in [1.29, 1.82) is 0 Å². The minimum atomic E-state index is -0.137. The van der Waals surface area contributed by atoms with Crippen molar-refractivity contribution in [3.05, 3.63) is 35.0 Å². The van der Waals surface area contributed by atoms with Gasteiger partial charge in [-0.25, -0.2) is 0 Å². The Bertz CT molecular complexity index is 618. The topological polar surface area (TPSA) is 93.2 Å². The van der Waals surface area contributed by atoms with E-state index in [2.05, 4.69) is 15.6 Å². The molecule has 1 aliphatic rings. The van der Waals surface area contributed by atoms with E-state index in [9.17, 15) is 9.90 Å². The maximum atomic E-state index is 12.1. The highest BCUT2D eigenvalue weighted by molar-refractivity contribution is 5.93. The van der Waals surface area contributed by atoms with Crippen LogP contribution in [-0.4, -0.2) is 32.0 Å². The predicted molar refractivity (Wildman–Crippen MR) is 68.9 cm³/mol. The SMILES string of the molecule is Cn1cc(C(=O)NC2CCc3onc(CO)c3C2)cn1. The average Bonchev–Trinajstić information content (AvgIpc) is 3.04. The molecule has 7 nitrogen and oxygen atoms in total. The molecule has 1 unspecified atom stereocenters. The molecule has 1 amide bonds. The van der Waals surface area contributed by atoms with Crippen LogP contribution in [0.2, 0.25) is 0 Å². The number of carbonyl (C=O) groups excluding carboxylic acids is 1. The number of aryl methyl sites for hydroxylation is 2. The van der Waals surface area contributed by atoms with E-state index in [1.165, 1.54) is 0 Å². The second-order valence-electron chi connectivity index (χ2n) is 5.00. The Labute approximate surface area is 115 Å². The van der Waals surface area contributed by atoms with E-state index in [1.807, 2.05) is 0 Å². The number of hydrogen-bond acceptors (Lipinski definition) is 5. The molecule has 0 aromatic carbocycles. The molecule has 0 radical (unpaired) electrons. The third-order valence-electron chi connectivity index (χ3n) is 3.57. The van der Waals surface area contributed by atoms with Crippen LogP contribution in [0.1, 0.15) is 33.8 Å². The highest BCUT2D eigenvalue weighted by Gasteiger charge is 2.26. The standard InChI is InChI=1S/C13H16N4O3/c1-17-6-8(5-14-17)13(19)15-9-2-3-12-10(4-9)11(7-18)16-20-12/h5-6,9,18H,2-4,7H2,1H3,(H,15,19). The smallest absolute Gasteiger partial charge is 0.254 e. The van der Waals surface area contributed by atoms with Crippen molar-refractivity contribution < 1.29 is 14.4 Å². The van der Waals surface area contributed by atoms with Gasteiger partial charge in [0.15, 0.2) is 0 Å². The van der Waals surface area contributed by atoms with Gasteiger partial charge < -0.3 is 14.9 Å². The predicted octanol–water partition coefficient (Wildman–Crippen LogP) is 0.188. The fraction of sp³-hybridized carbons (Fsp3) is 0.462. The minimum Gasteiger partial charge on any atom is -0.390 e. The van der Waals surface area contributed by atoms with Gasteiger partial charge in [-0.1, -0.05) is 5.16 Å². The average molecular weight is 276 g/mol. The van der Waals surface area contributed by atoms with Crippen LogP contribution < -0.4 is 5.32 Å². The Kier molecular flexibility index (Phi) is 3.27. The number of carbonyl (C=O) groups is 1. The number of nitrogens with zero attached hydrogens (tertiary/aromatic N) is 3. The van der Waals surface area contributed by atoms with Gasteiger partial charge in [0.05, 0.1) is 18.4 Å². The lowest BCUT2D eigenvalue weighted by molar-refractivity contribution is 0.0932. The monoisotopic (exact) mass is 276 g/mol. The summed E-state index contributed by atoms with van der Waals surface area (Å²) in [6, 6.07) is 0.0277. The second kappa shape index (κ2) is 5.09. The van der Waals surface area contributed by atoms with Gasteiger partial charge in [0, 0.05) is 31.3 Å². The van der Waals surface area contributed by atoms with Gasteiger partial charge >= 0.3 is 0 Å². The summed E-state index contributed by atoms with van der Waals surface area (Å²) in [5.74, 6) is 0.689. The van der Waals surface area contributed by atoms with Crippen LogP contribution in [0.5, 0.6) is 0 Å². The molecule has 0 fully saturated rings. The van der Waals surface area contributed by atoms with Gasteiger partial charge in [-0.3, -0.25) is 9.48 Å². The third-order valence-corrected chi connectivity index (χ3v) is 3.57. The summed E-state index contributed by atoms with van der Waals surface area (Å²) in [5.41, 5.74) is 2.04. The molecule has 2 N–H and O–H groups in total. The quantitative estimate of drug-likeness (QED) is 0.834. The Hall–Kier alpha value is -2.15. The number of fused-ring (bicyclic) bond motifs is 1. The van der Waals surface area contributed by atoms with Crippen molar-refractivity contribution >= 4 is 5.91 Å². The van der Waals surface area contributed by atoms with Crippen LogP contribution in [0.15, 0.2) is 16.9 Å². The van der Waals surface area contributed by atoms with Gasteiger partial charge in [0.25, 0.3) is 5.91 Å². The van der Waals surface area contributed by atoms with Gasteiger partial charge in [-0.05, 0) is 12.8 Å². The molecule has 0 saturated heterocycles. The number of aliphatic hydroxyl groups excluding tert-OH is 1. The molecule has 7 heteroatoms. The zero-order valence-electron chi connectivity index (χ0n) is 11.2. The van der Waals surface area contributed by atoms with Crippen molar-refractivity contribution in [3.8, 4) is 0 Å².